The van der Waals surface area contributed by atoms with Gasteiger partial charge in [0.25, 0.3) is 0 Å². The molecule has 1 aromatic heterocycles. The van der Waals surface area contributed by atoms with Crippen molar-refractivity contribution >= 4 is 6.21 Å². The summed E-state index contributed by atoms with van der Waals surface area (Å²) >= 11 is 0. The normalized spacial score (nSPS) is 18.0. The highest BCUT2D eigenvalue weighted by Gasteiger charge is 2.42. The van der Waals surface area contributed by atoms with E-state index >= 15 is 0 Å². The van der Waals surface area contributed by atoms with Crippen LogP contribution in [0.1, 0.15) is 12.5 Å². The van der Waals surface area contributed by atoms with Gasteiger partial charge in [-0.1, -0.05) is 13.0 Å². The number of hydrogen-bond acceptors (Lipinski definition) is 5. The van der Waals surface area contributed by atoms with Crippen molar-refractivity contribution in [2.75, 3.05) is 6.67 Å². The van der Waals surface area contributed by atoms with Crippen molar-refractivity contribution in [3.8, 4) is 0 Å². The van der Waals surface area contributed by atoms with Crippen LogP contribution in [0.5, 0.6) is 0 Å². The number of allylic oxidation sites excluding steroid dienone is 1. The van der Waals surface area contributed by atoms with Crippen LogP contribution in [0.4, 0.5) is 13.2 Å². The maximum Gasteiger partial charge on any atom is 0.160 e. The van der Waals surface area contributed by atoms with Crippen LogP contribution in [-0.2, 0) is 12.1 Å². The molecule has 25 heavy (non-hydrogen) atoms. The van der Waals surface area contributed by atoms with Gasteiger partial charge in [-0.3, -0.25) is 4.99 Å². The zero-order valence-corrected chi connectivity index (χ0v) is 13.3. The van der Waals surface area contributed by atoms with Gasteiger partial charge in [0.15, 0.2) is 5.83 Å². The minimum atomic E-state index is -1.91. The number of aliphatic imine (C=N–C) groups is 1. The van der Waals surface area contributed by atoms with Crippen molar-refractivity contribution in [2.45, 2.75) is 19.1 Å². The number of rotatable bonds is 5. The molecule has 2 unspecified atom stereocenters. The molecule has 0 spiro atoms. The van der Waals surface area contributed by atoms with E-state index in [1.54, 1.807) is 6.92 Å². The topological polar surface area (TPSA) is 75.3 Å². The van der Waals surface area contributed by atoms with E-state index in [1.165, 1.54) is 17.3 Å². The van der Waals surface area contributed by atoms with Crippen LogP contribution in [0.25, 0.3) is 0 Å². The molecule has 1 aromatic carbocycles. The molecule has 0 amide bonds. The minimum absolute atomic E-state index is 0.0846. The molecule has 0 saturated carbocycles. The average molecular weight is 351 g/mol. The van der Waals surface area contributed by atoms with E-state index in [2.05, 4.69) is 20.4 Å². The first kappa shape index (κ1) is 17.2. The van der Waals surface area contributed by atoms with Crippen molar-refractivity contribution in [3.63, 3.8) is 0 Å². The first-order valence-electron chi connectivity index (χ1n) is 7.55. The fraction of sp³-hybridized carbons (Fsp3) is 0.312. The molecule has 2 N–H and O–H groups in total. The van der Waals surface area contributed by atoms with Gasteiger partial charge in [-0.25, -0.2) is 22.8 Å². The third kappa shape index (κ3) is 3.27. The van der Waals surface area contributed by atoms with Crippen LogP contribution in [-0.4, -0.2) is 32.8 Å². The van der Waals surface area contributed by atoms with Gasteiger partial charge in [0, 0.05) is 17.5 Å². The first-order chi connectivity index (χ1) is 11.9. The molecule has 1 aliphatic rings. The van der Waals surface area contributed by atoms with Crippen LogP contribution in [0.3, 0.4) is 0 Å². The number of aromatic nitrogens is 3. The summed E-state index contributed by atoms with van der Waals surface area (Å²) in [6, 6.07) is 2.86. The standard InChI is InChI=1S/C16H16F3N5O/c1-10(15-14(19)5-20-7-22-15)16(25,6-24-9-21-8-23-24)12-3-2-11(17)4-13(12)18/h2-5,8-10,22,25H,6-7H2,1H3. The van der Waals surface area contributed by atoms with Crippen LogP contribution in [0, 0.1) is 17.6 Å². The van der Waals surface area contributed by atoms with Crippen molar-refractivity contribution in [3.05, 3.63) is 59.6 Å². The zero-order chi connectivity index (χ0) is 18.0. The largest absolute Gasteiger partial charge is 0.382 e. The molecule has 0 bridgehead atoms. The number of halogens is 3. The summed E-state index contributed by atoms with van der Waals surface area (Å²) in [6.45, 7) is 1.48. The Hall–Kier alpha value is -2.68. The molecule has 6 nitrogen and oxygen atoms in total. The maximum absolute atomic E-state index is 14.4. The Balaban J connectivity index is 2.09. The van der Waals surface area contributed by atoms with Crippen LogP contribution in [0.2, 0.25) is 0 Å². The van der Waals surface area contributed by atoms with Gasteiger partial charge in [-0.05, 0) is 6.07 Å². The van der Waals surface area contributed by atoms with E-state index < -0.39 is 29.0 Å². The van der Waals surface area contributed by atoms with Gasteiger partial charge in [-0.2, -0.15) is 5.10 Å². The molecule has 2 atom stereocenters. The number of aliphatic hydroxyl groups is 1. The van der Waals surface area contributed by atoms with E-state index in [9.17, 15) is 18.3 Å². The number of hydrogen-bond donors (Lipinski definition) is 2. The minimum Gasteiger partial charge on any atom is -0.382 e. The molecule has 0 aliphatic carbocycles. The van der Waals surface area contributed by atoms with Gasteiger partial charge in [-0.15, -0.1) is 0 Å². The molecule has 0 saturated heterocycles. The Morgan fingerprint density at radius 1 is 1.36 bits per heavy atom. The van der Waals surface area contributed by atoms with Crippen LogP contribution < -0.4 is 5.32 Å². The predicted octanol–water partition coefficient (Wildman–Crippen LogP) is 1.89. The fourth-order valence-electron chi connectivity index (χ4n) is 2.87. The molecule has 0 radical (unpaired) electrons. The smallest absolute Gasteiger partial charge is 0.160 e. The second kappa shape index (κ2) is 6.67. The molecule has 132 valence electrons. The third-order valence-corrected chi connectivity index (χ3v) is 4.24. The van der Waals surface area contributed by atoms with E-state index in [0.29, 0.717) is 6.07 Å². The molecule has 2 aromatic rings. The molecular weight excluding hydrogens is 335 g/mol. The predicted molar refractivity (Wildman–Crippen MR) is 84.1 cm³/mol. The number of nitrogens with zero attached hydrogens (tertiary/aromatic N) is 4. The lowest BCUT2D eigenvalue weighted by atomic mass is 9.79. The maximum atomic E-state index is 14.4. The lowest BCUT2D eigenvalue weighted by Crippen LogP contribution is -2.43. The van der Waals surface area contributed by atoms with Crippen molar-refractivity contribution in [1.82, 2.24) is 20.1 Å². The van der Waals surface area contributed by atoms with Crippen LogP contribution >= 0.6 is 0 Å². The van der Waals surface area contributed by atoms with E-state index in [1.807, 2.05) is 0 Å². The van der Waals surface area contributed by atoms with E-state index in [-0.39, 0.29) is 24.5 Å². The highest BCUT2D eigenvalue weighted by Crippen LogP contribution is 2.38. The van der Waals surface area contributed by atoms with Gasteiger partial charge in [0.1, 0.15) is 36.6 Å². The van der Waals surface area contributed by atoms with Crippen molar-refractivity contribution < 1.29 is 18.3 Å². The summed E-state index contributed by atoms with van der Waals surface area (Å²) in [4.78, 5) is 7.54. The quantitative estimate of drug-likeness (QED) is 0.863. The molecular formula is C16H16F3N5O. The summed E-state index contributed by atoms with van der Waals surface area (Å²) in [6.07, 6.45) is 3.65. The second-order valence-corrected chi connectivity index (χ2v) is 5.77. The Labute approximate surface area is 141 Å². The summed E-state index contributed by atoms with van der Waals surface area (Å²) in [7, 11) is 0. The summed E-state index contributed by atoms with van der Waals surface area (Å²) < 4.78 is 43.1. The highest BCUT2D eigenvalue weighted by molar-refractivity contribution is 5.77. The SMILES string of the molecule is CC(C1=C(F)C=NCN1)C(O)(Cn1cncn1)c1ccc(F)cc1F. The Bertz CT molecular complexity index is 821. The average Bonchev–Trinajstić information content (AvgIpc) is 3.07. The monoisotopic (exact) mass is 351 g/mol. The van der Waals surface area contributed by atoms with E-state index in [0.717, 1.165) is 18.3 Å². The Kier molecular flexibility index (Phi) is 4.58. The lowest BCUT2D eigenvalue weighted by Gasteiger charge is -2.36. The Morgan fingerprint density at radius 3 is 2.80 bits per heavy atom. The molecule has 9 heteroatoms. The van der Waals surface area contributed by atoms with Crippen molar-refractivity contribution in [2.24, 2.45) is 10.9 Å². The second-order valence-electron chi connectivity index (χ2n) is 5.77. The van der Waals surface area contributed by atoms with Gasteiger partial charge in [0.2, 0.25) is 0 Å². The summed E-state index contributed by atoms with van der Waals surface area (Å²) in [5.41, 5.74) is -1.99. The molecule has 0 fully saturated rings. The lowest BCUT2D eigenvalue weighted by molar-refractivity contribution is -0.0289. The number of benzene rings is 1. The Morgan fingerprint density at radius 2 is 2.16 bits per heavy atom. The molecule has 1 aliphatic heterocycles. The molecule has 2 heterocycles. The number of nitrogens with one attached hydrogen (secondary N) is 1. The highest BCUT2D eigenvalue weighted by atomic mass is 19.1. The summed E-state index contributed by atoms with van der Waals surface area (Å²) in [5, 5.41) is 18.0. The zero-order valence-electron chi connectivity index (χ0n) is 13.3. The van der Waals surface area contributed by atoms with E-state index in [4.69, 9.17) is 0 Å². The van der Waals surface area contributed by atoms with Gasteiger partial charge in [0.05, 0.1) is 18.5 Å². The van der Waals surface area contributed by atoms with Crippen molar-refractivity contribution in [1.29, 1.82) is 0 Å². The van der Waals surface area contributed by atoms with Gasteiger partial charge < -0.3 is 10.4 Å². The molecule has 3 rings (SSSR count). The first-order valence-corrected chi connectivity index (χ1v) is 7.55. The van der Waals surface area contributed by atoms with Gasteiger partial charge >= 0.3 is 0 Å². The van der Waals surface area contributed by atoms with Crippen LogP contribution in [0.15, 0.2) is 47.4 Å². The third-order valence-electron chi connectivity index (χ3n) is 4.24. The summed E-state index contributed by atoms with van der Waals surface area (Å²) in [5.74, 6) is -3.26. The fourth-order valence-corrected chi connectivity index (χ4v) is 2.87.